The topological polar surface area (TPSA) is 58.6 Å². The summed E-state index contributed by atoms with van der Waals surface area (Å²) in [4.78, 5) is 11.7. The molecule has 0 radical (unpaired) electrons. The van der Waals surface area contributed by atoms with Crippen LogP contribution in [0.2, 0.25) is 0 Å². The summed E-state index contributed by atoms with van der Waals surface area (Å²) >= 11 is 0. The van der Waals surface area contributed by atoms with Crippen LogP contribution in [0.5, 0.6) is 5.75 Å². The highest BCUT2D eigenvalue weighted by Gasteiger charge is 2.30. The maximum atomic E-state index is 14.2. The predicted octanol–water partition coefficient (Wildman–Crippen LogP) is 7.01. The third-order valence-corrected chi connectivity index (χ3v) is 7.27. The van der Waals surface area contributed by atoms with Crippen LogP contribution in [0, 0.1) is 12.7 Å². The Bertz CT molecular complexity index is 1420. The second-order valence-electron chi connectivity index (χ2n) is 9.59. The summed E-state index contributed by atoms with van der Waals surface area (Å²) < 4.78 is 20.6. The normalized spacial score (nSPS) is 17.9. The van der Waals surface area contributed by atoms with Gasteiger partial charge in [0, 0.05) is 22.9 Å². The Kier molecular flexibility index (Phi) is 6.75. The minimum Gasteiger partial charge on any atom is -0.490 e. The molecule has 36 heavy (non-hydrogen) atoms. The molecule has 4 nitrogen and oxygen atoms in total. The van der Waals surface area contributed by atoms with Crippen molar-refractivity contribution in [1.82, 2.24) is 5.32 Å². The molecule has 0 fully saturated rings. The van der Waals surface area contributed by atoms with Crippen molar-refractivity contribution in [3.8, 4) is 5.75 Å². The summed E-state index contributed by atoms with van der Waals surface area (Å²) in [5.74, 6) is -0.187. The zero-order chi connectivity index (χ0) is 25.2. The van der Waals surface area contributed by atoms with E-state index < -0.39 is 5.97 Å². The summed E-state index contributed by atoms with van der Waals surface area (Å²) in [6.45, 7) is 4.66. The maximum Gasteiger partial charge on any atom is 0.335 e. The first-order chi connectivity index (χ1) is 17.4. The van der Waals surface area contributed by atoms with Crippen molar-refractivity contribution in [3.05, 3.63) is 112 Å². The molecule has 1 heterocycles. The van der Waals surface area contributed by atoms with E-state index in [-0.39, 0.29) is 23.9 Å². The van der Waals surface area contributed by atoms with E-state index in [9.17, 15) is 14.3 Å². The van der Waals surface area contributed by atoms with Gasteiger partial charge in [-0.3, -0.25) is 0 Å². The van der Waals surface area contributed by atoms with Crippen molar-refractivity contribution >= 4 is 16.7 Å². The van der Waals surface area contributed by atoms with Gasteiger partial charge in [-0.2, -0.15) is 0 Å². The van der Waals surface area contributed by atoms with Crippen LogP contribution in [-0.2, 0) is 0 Å². The number of nitrogens with one attached hydrogen (secondary N) is 1. The standard InChI is InChI=1S/C31H30FNO3/c1-19-11-12-21(17-27(19)31(34)35)28-18-22(36-30-10-6-5-9-26(28)30)15-16-33-20(2)23-13-14-29(32)25-8-4-3-7-24(23)25/h3-14,17,20,22,28,33H,15-16,18H2,1-2H3,(H,34,35)/t20-,22-,28-/m1/s1. The molecule has 0 aliphatic carbocycles. The lowest BCUT2D eigenvalue weighted by atomic mass is 9.82. The number of para-hydroxylation sites is 1. The number of halogens is 1. The Morgan fingerprint density at radius 1 is 1.06 bits per heavy atom. The van der Waals surface area contributed by atoms with E-state index in [0.29, 0.717) is 10.9 Å². The van der Waals surface area contributed by atoms with Gasteiger partial charge in [0.15, 0.2) is 0 Å². The van der Waals surface area contributed by atoms with Gasteiger partial charge in [-0.05, 0) is 73.5 Å². The number of hydrogen-bond donors (Lipinski definition) is 2. The van der Waals surface area contributed by atoms with Gasteiger partial charge in [0.05, 0.1) is 5.56 Å². The first-order valence-corrected chi connectivity index (χ1v) is 12.4. The summed E-state index contributed by atoms with van der Waals surface area (Å²) in [5, 5.41) is 14.8. The van der Waals surface area contributed by atoms with Crippen molar-refractivity contribution in [3.63, 3.8) is 0 Å². The fourth-order valence-electron chi connectivity index (χ4n) is 5.31. The molecule has 3 atom stereocenters. The quantitative estimate of drug-likeness (QED) is 0.297. The van der Waals surface area contributed by atoms with Crippen LogP contribution in [-0.4, -0.2) is 23.7 Å². The Morgan fingerprint density at radius 3 is 2.61 bits per heavy atom. The number of ether oxygens (including phenoxy) is 1. The second kappa shape index (κ2) is 10.1. The molecule has 0 amide bonds. The molecular formula is C31H30FNO3. The molecule has 5 rings (SSSR count). The number of rotatable bonds is 7. The Morgan fingerprint density at radius 2 is 1.81 bits per heavy atom. The molecule has 4 aromatic rings. The summed E-state index contributed by atoms with van der Waals surface area (Å²) in [5.41, 5.74) is 4.26. The van der Waals surface area contributed by atoms with Gasteiger partial charge in [0.25, 0.3) is 0 Å². The van der Waals surface area contributed by atoms with E-state index in [1.807, 2.05) is 73.7 Å². The van der Waals surface area contributed by atoms with E-state index in [2.05, 4.69) is 18.3 Å². The van der Waals surface area contributed by atoms with Crippen LogP contribution in [0.1, 0.15) is 64.3 Å². The van der Waals surface area contributed by atoms with Gasteiger partial charge in [-0.25, -0.2) is 9.18 Å². The van der Waals surface area contributed by atoms with Crippen LogP contribution in [0.4, 0.5) is 4.39 Å². The number of aromatic carboxylic acids is 1. The van der Waals surface area contributed by atoms with E-state index in [1.54, 1.807) is 0 Å². The number of benzene rings is 4. The van der Waals surface area contributed by atoms with E-state index >= 15 is 0 Å². The molecule has 184 valence electrons. The number of hydrogen-bond acceptors (Lipinski definition) is 3. The van der Waals surface area contributed by atoms with E-state index in [1.165, 1.54) is 6.07 Å². The smallest absolute Gasteiger partial charge is 0.335 e. The molecule has 0 aromatic heterocycles. The molecule has 1 aliphatic rings. The summed E-state index contributed by atoms with van der Waals surface area (Å²) in [6, 6.07) is 24.8. The number of carbonyl (C=O) groups is 1. The molecular weight excluding hydrogens is 453 g/mol. The first kappa shape index (κ1) is 24.0. The van der Waals surface area contributed by atoms with Crippen LogP contribution < -0.4 is 10.1 Å². The second-order valence-corrected chi connectivity index (χ2v) is 9.59. The van der Waals surface area contributed by atoms with Gasteiger partial charge in [0.2, 0.25) is 0 Å². The minimum atomic E-state index is -0.905. The van der Waals surface area contributed by atoms with Gasteiger partial charge in [0.1, 0.15) is 17.7 Å². The molecule has 1 aliphatic heterocycles. The Labute approximate surface area is 210 Å². The zero-order valence-electron chi connectivity index (χ0n) is 20.5. The lowest BCUT2D eigenvalue weighted by Crippen LogP contribution is -2.31. The van der Waals surface area contributed by atoms with Gasteiger partial charge in [-0.15, -0.1) is 0 Å². The lowest BCUT2D eigenvalue weighted by Gasteiger charge is -2.33. The van der Waals surface area contributed by atoms with Crippen LogP contribution >= 0.6 is 0 Å². The molecule has 0 unspecified atom stereocenters. The predicted molar refractivity (Wildman–Crippen MR) is 140 cm³/mol. The summed E-state index contributed by atoms with van der Waals surface area (Å²) in [6.07, 6.45) is 1.56. The average molecular weight is 484 g/mol. The highest BCUT2D eigenvalue weighted by atomic mass is 19.1. The van der Waals surface area contributed by atoms with Crippen molar-refractivity contribution in [2.24, 2.45) is 0 Å². The van der Waals surface area contributed by atoms with Crippen molar-refractivity contribution < 1.29 is 19.0 Å². The lowest BCUT2D eigenvalue weighted by molar-refractivity contribution is 0.0696. The number of carboxylic acids is 1. The summed E-state index contributed by atoms with van der Waals surface area (Å²) in [7, 11) is 0. The number of aryl methyl sites for hydroxylation is 1. The van der Waals surface area contributed by atoms with Crippen molar-refractivity contribution in [1.29, 1.82) is 0 Å². The van der Waals surface area contributed by atoms with Gasteiger partial charge < -0.3 is 15.2 Å². The largest absolute Gasteiger partial charge is 0.490 e. The highest BCUT2D eigenvalue weighted by Crippen LogP contribution is 2.41. The third kappa shape index (κ3) is 4.71. The third-order valence-electron chi connectivity index (χ3n) is 7.27. The first-order valence-electron chi connectivity index (χ1n) is 12.4. The molecule has 0 saturated heterocycles. The monoisotopic (exact) mass is 483 g/mol. The fourth-order valence-corrected chi connectivity index (χ4v) is 5.31. The van der Waals surface area contributed by atoms with Crippen molar-refractivity contribution in [2.75, 3.05) is 6.54 Å². The Balaban J connectivity index is 1.32. The zero-order valence-corrected chi connectivity index (χ0v) is 20.5. The maximum absolute atomic E-state index is 14.2. The fraction of sp³-hybridized carbons (Fsp3) is 0.258. The number of carboxylic acid groups (broad SMARTS) is 1. The van der Waals surface area contributed by atoms with Gasteiger partial charge >= 0.3 is 5.97 Å². The van der Waals surface area contributed by atoms with E-state index in [4.69, 9.17) is 4.74 Å². The highest BCUT2D eigenvalue weighted by molar-refractivity contribution is 5.89. The van der Waals surface area contributed by atoms with Crippen LogP contribution in [0.15, 0.2) is 78.9 Å². The van der Waals surface area contributed by atoms with Gasteiger partial charge in [-0.1, -0.05) is 60.7 Å². The molecule has 0 bridgehead atoms. The SMILES string of the molecule is Cc1ccc([C@H]2C[C@@H](CCN[C@H](C)c3ccc(F)c4ccccc34)Oc3ccccc32)cc1C(=O)O. The number of fused-ring (bicyclic) bond motifs is 2. The Hall–Kier alpha value is -3.70. The molecule has 4 aromatic carbocycles. The van der Waals surface area contributed by atoms with E-state index in [0.717, 1.165) is 52.8 Å². The minimum absolute atomic E-state index is 0.0101. The molecule has 0 saturated carbocycles. The van der Waals surface area contributed by atoms with Crippen molar-refractivity contribution in [2.45, 2.75) is 44.8 Å². The van der Waals surface area contributed by atoms with Crippen LogP contribution in [0.25, 0.3) is 10.8 Å². The average Bonchev–Trinajstić information content (AvgIpc) is 2.88. The molecule has 0 spiro atoms. The molecule has 5 heteroatoms. The van der Waals surface area contributed by atoms with Crippen LogP contribution in [0.3, 0.4) is 0 Å². The molecule has 2 N–H and O–H groups in total.